The maximum Gasteiger partial charge on any atom is 0.158 e. The number of carbonyl (C=O) groups excluding carboxylic acids is 1. The molecule has 1 fully saturated rings. The Balaban J connectivity index is 2.22. The van der Waals surface area contributed by atoms with Crippen LogP contribution in [0.25, 0.3) is 0 Å². The fourth-order valence-electron chi connectivity index (χ4n) is 1.81. The van der Waals surface area contributed by atoms with E-state index in [4.69, 9.17) is 4.74 Å². The van der Waals surface area contributed by atoms with Gasteiger partial charge in [0.05, 0.1) is 6.10 Å². The maximum absolute atomic E-state index is 11.0. The summed E-state index contributed by atoms with van der Waals surface area (Å²) in [6.07, 6.45) is 3.55. The molecule has 0 saturated carbocycles. The first-order valence-corrected chi connectivity index (χ1v) is 4.13. The second kappa shape index (κ2) is 2.45. The molecular formula is C9H12O2. The van der Waals surface area contributed by atoms with Gasteiger partial charge in [0.15, 0.2) is 5.78 Å². The van der Waals surface area contributed by atoms with Crippen molar-refractivity contribution >= 4 is 5.78 Å². The van der Waals surface area contributed by atoms with Crippen LogP contribution in [0.3, 0.4) is 0 Å². The van der Waals surface area contributed by atoms with Crippen LogP contribution in [0, 0.1) is 5.92 Å². The molecule has 2 nitrogen and oxygen atoms in total. The highest BCUT2D eigenvalue weighted by Gasteiger charge is 2.31. The Bertz CT molecular complexity index is 218. The highest BCUT2D eigenvalue weighted by molar-refractivity contribution is 5.94. The van der Waals surface area contributed by atoms with Crippen molar-refractivity contribution < 1.29 is 9.53 Å². The van der Waals surface area contributed by atoms with Crippen LogP contribution in [0.2, 0.25) is 0 Å². The molecule has 0 aromatic rings. The molecule has 0 aromatic heterocycles. The van der Waals surface area contributed by atoms with E-state index in [-0.39, 0.29) is 11.9 Å². The third kappa shape index (κ3) is 1.11. The molecule has 1 heterocycles. The van der Waals surface area contributed by atoms with E-state index in [2.05, 4.69) is 6.92 Å². The fraction of sp³-hybridized carbons (Fsp3) is 0.667. The standard InChI is InChI=1S/C9H12O2/c1-6-2-3-11-9-5-7(10)4-8(6)9/h4,6,9H,2-3,5H2,1H3/t6-,9?/m1/s1. The molecule has 0 N–H and O–H groups in total. The molecular weight excluding hydrogens is 140 g/mol. The molecule has 0 bridgehead atoms. The SMILES string of the molecule is C[C@@H]1CCOC2CC(=O)C=C21. The largest absolute Gasteiger partial charge is 0.373 e. The van der Waals surface area contributed by atoms with Gasteiger partial charge in [-0.05, 0) is 24.0 Å². The molecule has 60 valence electrons. The lowest BCUT2D eigenvalue weighted by molar-refractivity contribution is -0.115. The average Bonchev–Trinajstić information content (AvgIpc) is 2.31. The summed E-state index contributed by atoms with van der Waals surface area (Å²) in [5.74, 6) is 0.791. The number of carbonyl (C=O) groups is 1. The van der Waals surface area contributed by atoms with Gasteiger partial charge in [-0.2, -0.15) is 0 Å². The molecule has 2 aliphatic rings. The van der Waals surface area contributed by atoms with Crippen molar-refractivity contribution in [3.05, 3.63) is 11.6 Å². The topological polar surface area (TPSA) is 26.3 Å². The molecule has 0 aromatic carbocycles. The summed E-state index contributed by atoms with van der Waals surface area (Å²) >= 11 is 0. The van der Waals surface area contributed by atoms with E-state index in [9.17, 15) is 4.79 Å². The molecule has 2 atom stereocenters. The van der Waals surface area contributed by atoms with Crippen LogP contribution in [-0.2, 0) is 9.53 Å². The minimum Gasteiger partial charge on any atom is -0.373 e. The van der Waals surface area contributed by atoms with E-state index in [0.717, 1.165) is 13.0 Å². The first-order chi connectivity index (χ1) is 5.27. The van der Waals surface area contributed by atoms with E-state index in [1.165, 1.54) is 5.57 Å². The molecule has 1 aliphatic carbocycles. The second-order valence-electron chi connectivity index (χ2n) is 3.36. The molecule has 1 saturated heterocycles. The van der Waals surface area contributed by atoms with Gasteiger partial charge in [0.25, 0.3) is 0 Å². The predicted molar refractivity (Wildman–Crippen MR) is 41.2 cm³/mol. The zero-order valence-electron chi connectivity index (χ0n) is 6.67. The number of rotatable bonds is 0. The average molecular weight is 152 g/mol. The Morgan fingerprint density at radius 1 is 1.64 bits per heavy atom. The lowest BCUT2D eigenvalue weighted by atomic mass is 9.93. The van der Waals surface area contributed by atoms with Crippen LogP contribution in [0.4, 0.5) is 0 Å². The van der Waals surface area contributed by atoms with Crippen LogP contribution >= 0.6 is 0 Å². The summed E-state index contributed by atoms with van der Waals surface area (Å²) in [5.41, 5.74) is 1.22. The zero-order valence-corrected chi connectivity index (χ0v) is 6.67. The predicted octanol–water partition coefficient (Wildman–Crippen LogP) is 1.31. The number of fused-ring (bicyclic) bond motifs is 1. The maximum atomic E-state index is 11.0. The summed E-state index contributed by atoms with van der Waals surface area (Å²) in [5, 5.41) is 0. The van der Waals surface area contributed by atoms with Gasteiger partial charge in [0, 0.05) is 13.0 Å². The van der Waals surface area contributed by atoms with Crippen molar-refractivity contribution in [3.8, 4) is 0 Å². The van der Waals surface area contributed by atoms with Crippen LogP contribution < -0.4 is 0 Å². The van der Waals surface area contributed by atoms with E-state index in [0.29, 0.717) is 12.3 Å². The van der Waals surface area contributed by atoms with Gasteiger partial charge in [-0.1, -0.05) is 6.92 Å². The van der Waals surface area contributed by atoms with Gasteiger partial charge in [-0.3, -0.25) is 4.79 Å². The lowest BCUT2D eigenvalue weighted by Crippen LogP contribution is -2.24. The van der Waals surface area contributed by atoms with Gasteiger partial charge >= 0.3 is 0 Å². The summed E-state index contributed by atoms with van der Waals surface area (Å²) in [7, 11) is 0. The molecule has 0 amide bonds. The Labute approximate surface area is 66.2 Å². The normalized spacial score (nSPS) is 36.8. The first-order valence-electron chi connectivity index (χ1n) is 4.13. The molecule has 1 aliphatic heterocycles. The summed E-state index contributed by atoms with van der Waals surface area (Å²) in [4.78, 5) is 11.0. The molecule has 11 heavy (non-hydrogen) atoms. The molecule has 1 unspecified atom stereocenters. The van der Waals surface area contributed by atoms with E-state index in [1.807, 2.05) is 0 Å². The minimum atomic E-state index is 0.131. The first kappa shape index (κ1) is 7.04. The van der Waals surface area contributed by atoms with Crippen LogP contribution in [-0.4, -0.2) is 18.5 Å². The number of hydrogen-bond acceptors (Lipinski definition) is 2. The van der Waals surface area contributed by atoms with Gasteiger partial charge in [-0.25, -0.2) is 0 Å². The molecule has 0 radical (unpaired) electrons. The highest BCUT2D eigenvalue weighted by atomic mass is 16.5. The molecule has 2 rings (SSSR count). The van der Waals surface area contributed by atoms with Crippen molar-refractivity contribution in [2.45, 2.75) is 25.9 Å². The van der Waals surface area contributed by atoms with E-state index >= 15 is 0 Å². The van der Waals surface area contributed by atoms with Crippen molar-refractivity contribution in [1.29, 1.82) is 0 Å². The smallest absolute Gasteiger partial charge is 0.158 e. The van der Waals surface area contributed by atoms with Gasteiger partial charge in [0.1, 0.15) is 0 Å². The monoisotopic (exact) mass is 152 g/mol. The van der Waals surface area contributed by atoms with E-state index in [1.54, 1.807) is 6.08 Å². The zero-order chi connectivity index (χ0) is 7.84. The third-order valence-electron chi connectivity index (χ3n) is 2.52. The molecule has 2 heteroatoms. The summed E-state index contributed by atoms with van der Waals surface area (Å²) < 4.78 is 5.45. The second-order valence-corrected chi connectivity index (χ2v) is 3.36. The quantitative estimate of drug-likeness (QED) is 0.523. The Hall–Kier alpha value is -0.630. The summed E-state index contributed by atoms with van der Waals surface area (Å²) in [6.45, 7) is 2.98. The summed E-state index contributed by atoms with van der Waals surface area (Å²) in [6, 6.07) is 0. The highest BCUT2D eigenvalue weighted by Crippen LogP contribution is 2.32. The van der Waals surface area contributed by atoms with Gasteiger partial charge in [-0.15, -0.1) is 0 Å². The third-order valence-corrected chi connectivity index (χ3v) is 2.52. The number of ketones is 1. The van der Waals surface area contributed by atoms with Crippen LogP contribution in [0.15, 0.2) is 11.6 Å². The minimum absolute atomic E-state index is 0.131. The van der Waals surface area contributed by atoms with Crippen molar-refractivity contribution in [1.82, 2.24) is 0 Å². The van der Waals surface area contributed by atoms with Gasteiger partial charge in [0.2, 0.25) is 0 Å². The molecule has 0 spiro atoms. The lowest BCUT2D eigenvalue weighted by Gasteiger charge is -2.26. The van der Waals surface area contributed by atoms with Crippen LogP contribution in [0.1, 0.15) is 19.8 Å². The number of allylic oxidation sites excluding steroid dienone is 1. The van der Waals surface area contributed by atoms with Crippen molar-refractivity contribution in [2.24, 2.45) is 5.92 Å². The number of ether oxygens (including phenoxy) is 1. The fourth-order valence-corrected chi connectivity index (χ4v) is 1.81. The Kier molecular flexibility index (Phi) is 1.57. The Morgan fingerprint density at radius 2 is 2.45 bits per heavy atom. The van der Waals surface area contributed by atoms with Crippen molar-refractivity contribution in [3.63, 3.8) is 0 Å². The Morgan fingerprint density at radius 3 is 3.18 bits per heavy atom. The number of hydrogen-bond donors (Lipinski definition) is 0. The van der Waals surface area contributed by atoms with E-state index < -0.39 is 0 Å². The van der Waals surface area contributed by atoms with Crippen molar-refractivity contribution in [2.75, 3.05) is 6.61 Å². The van der Waals surface area contributed by atoms with Gasteiger partial charge < -0.3 is 4.74 Å². The van der Waals surface area contributed by atoms with Crippen LogP contribution in [0.5, 0.6) is 0 Å².